The number of aromatic nitrogens is 1. The van der Waals surface area contributed by atoms with Gasteiger partial charge in [0.15, 0.2) is 6.54 Å². The summed E-state index contributed by atoms with van der Waals surface area (Å²) in [5.74, 6) is 2.39. The molecule has 0 saturated heterocycles. The summed E-state index contributed by atoms with van der Waals surface area (Å²) in [6, 6.07) is 12.6. The molecule has 0 spiro atoms. The van der Waals surface area contributed by atoms with Gasteiger partial charge in [-0.2, -0.15) is 13.0 Å². The van der Waals surface area contributed by atoms with Gasteiger partial charge in [0, 0.05) is 46.9 Å². The zero-order valence-corrected chi connectivity index (χ0v) is 32.5. The first kappa shape index (κ1) is 35.9. The lowest BCUT2D eigenvalue weighted by atomic mass is 9.77. The van der Waals surface area contributed by atoms with Crippen LogP contribution in [-0.4, -0.2) is 47.2 Å². The van der Waals surface area contributed by atoms with Gasteiger partial charge < -0.3 is 4.90 Å². The van der Waals surface area contributed by atoms with Crippen LogP contribution in [0.15, 0.2) is 86.2 Å². The molecule has 0 amide bonds. The highest BCUT2D eigenvalue weighted by Gasteiger charge is 2.28. The van der Waals surface area contributed by atoms with E-state index in [-0.39, 0.29) is 15.2 Å². The Morgan fingerprint density at radius 2 is 1.92 bits per heavy atom. The molecule has 48 heavy (non-hydrogen) atoms. The predicted octanol–water partition coefficient (Wildman–Crippen LogP) is 7.90. The van der Waals surface area contributed by atoms with Crippen LogP contribution in [0.4, 0.5) is 5.69 Å². The second kappa shape index (κ2) is 15.5. The number of allylic oxidation sites excluding steroid dienone is 6. The van der Waals surface area contributed by atoms with Crippen LogP contribution in [0.2, 0.25) is 0 Å². The molecule has 0 radical (unpaired) electrons. The third-order valence-electron chi connectivity index (χ3n) is 9.14. The van der Waals surface area contributed by atoms with Gasteiger partial charge in [0.1, 0.15) is 4.70 Å². The molecule has 2 aromatic carbocycles. The normalized spacial score (nSPS) is 20.9. The van der Waals surface area contributed by atoms with Crippen LogP contribution >= 0.6 is 23.1 Å². The van der Waals surface area contributed by atoms with Crippen LogP contribution in [0.1, 0.15) is 56.0 Å². The molecule has 0 fully saturated rings. The maximum absolute atomic E-state index is 12.3. The van der Waals surface area contributed by atoms with E-state index in [4.69, 9.17) is 11.2 Å². The Bertz CT molecular complexity index is 2010. The predicted molar refractivity (Wildman–Crippen MR) is 209 cm³/mol. The molecule has 1 aliphatic heterocycles. The zero-order valence-electron chi connectivity index (χ0n) is 27.6. The molecule has 12 heteroatoms. The summed E-state index contributed by atoms with van der Waals surface area (Å²) in [5, 5.41) is 2.33. The Morgan fingerprint density at radius 1 is 1.10 bits per heavy atom. The lowest BCUT2D eigenvalue weighted by molar-refractivity contribution is -0.668. The van der Waals surface area contributed by atoms with Crippen molar-refractivity contribution in [3.63, 3.8) is 0 Å². The lowest BCUT2D eigenvalue weighted by Crippen LogP contribution is -2.36. The van der Waals surface area contributed by atoms with Crippen LogP contribution in [0.5, 0.6) is 0 Å². The number of anilines is 1. The molecule has 256 valence electrons. The summed E-state index contributed by atoms with van der Waals surface area (Å²) in [6.07, 6.45) is 16.9. The van der Waals surface area contributed by atoms with E-state index in [2.05, 4.69) is 78.0 Å². The fourth-order valence-corrected chi connectivity index (χ4v) is 11.0. The van der Waals surface area contributed by atoms with Crippen molar-refractivity contribution >= 4 is 86.6 Å². The Kier molecular flexibility index (Phi) is 11.6. The van der Waals surface area contributed by atoms with E-state index in [1.54, 1.807) is 29.4 Å². The molecule has 0 bridgehead atoms. The van der Waals surface area contributed by atoms with Gasteiger partial charge in [-0.3, -0.25) is 8.76 Å². The van der Waals surface area contributed by atoms with Gasteiger partial charge in [-0.25, -0.2) is 0 Å². The first-order valence-electron chi connectivity index (χ1n) is 16.5. The van der Waals surface area contributed by atoms with Gasteiger partial charge in [-0.1, -0.05) is 59.4 Å². The maximum atomic E-state index is 12.3. The van der Waals surface area contributed by atoms with Crippen LogP contribution in [0, 0.1) is 12.8 Å². The number of hydrogen-bond donors (Lipinski definition) is 1. The number of aryl methyl sites for hydroxylation is 2. The van der Waals surface area contributed by atoms with Gasteiger partial charge in [-0.05, 0) is 103 Å². The Hall–Kier alpha value is -1.93. The van der Waals surface area contributed by atoms with Crippen molar-refractivity contribution in [1.82, 2.24) is 0 Å². The Morgan fingerprint density at radius 3 is 2.69 bits per heavy atom. The van der Waals surface area contributed by atoms with E-state index in [0.717, 1.165) is 76.8 Å². The third-order valence-corrected chi connectivity index (χ3v) is 15.7. The molecular formula is C36H43N2O4S6+. The van der Waals surface area contributed by atoms with Crippen molar-refractivity contribution in [2.24, 2.45) is 5.92 Å². The highest BCUT2D eigenvalue weighted by atomic mass is 32.8. The van der Waals surface area contributed by atoms with Crippen LogP contribution in [0.3, 0.4) is 0 Å². The average Bonchev–Trinajstić information content (AvgIpc) is 3.56. The molecule has 3 atom stereocenters. The summed E-state index contributed by atoms with van der Waals surface area (Å²) in [7, 11) is -5.02. The maximum Gasteiger partial charge on any atom is 0.264 e. The molecule has 1 aromatic heterocycles. The SMILES string of the molecule is CCS(=S)CCC[n+]1c(C=C2C=C3C=C(C=C4Sc5ccc(C)cc5N4CCCS(=O)(=O)O)CCC3CC2)sc2ccc(S(C)=O)cc21. The van der Waals surface area contributed by atoms with E-state index in [0.29, 0.717) is 18.9 Å². The van der Waals surface area contributed by atoms with Crippen LogP contribution < -0.4 is 9.47 Å². The van der Waals surface area contributed by atoms with E-state index in [1.165, 1.54) is 31.3 Å². The molecule has 1 N–H and O–H groups in total. The fraction of sp³-hybridized carbons (Fsp3) is 0.417. The summed E-state index contributed by atoms with van der Waals surface area (Å²) in [6.45, 7) is 5.67. The standard InChI is InChI=1S/C36H42N2O4S6/c1-4-47(43)17-5-15-37-32-24-30(46(3)39)12-14-34(32)45-35(37)22-26-8-10-28-11-9-27(21-29(28)20-26)23-36-38(16-6-18-48(40,41)42)31-19-25(2)7-13-33(31)44-36/h7,12-14,19-24,28H,4-6,8-11,15-18H2,1-3H3/p+1. The van der Waals surface area contributed by atoms with Crippen molar-refractivity contribution in [1.29, 1.82) is 0 Å². The molecule has 6 rings (SSSR count). The summed E-state index contributed by atoms with van der Waals surface area (Å²) >= 11 is 9.17. The number of benzene rings is 2. The molecule has 3 aromatic rings. The minimum Gasteiger partial charge on any atom is -0.335 e. The van der Waals surface area contributed by atoms with E-state index in [1.807, 2.05) is 6.07 Å². The zero-order chi connectivity index (χ0) is 34.0. The number of thioether (sulfide) groups is 1. The Balaban J connectivity index is 1.30. The molecule has 0 saturated carbocycles. The molecule has 6 nitrogen and oxygen atoms in total. The first-order chi connectivity index (χ1) is 23.0. The number of thiazole rings is 1. The second-order valence-electron chi connectivity index (χ2n) is 12.7. The molecule has 3 aliphatic rings. The Labute approximate surface area is 302 Å². The smallest absolute Gasteiger partial charge is 0.264 e. The minimum absolute atomic E-state index is 0.0223. The van der Waals surface area contributed by atoms with Crippen molar-refractivity contribution in [2.45, 2.75) is 68.7 Å². The second-order valence-corrected chi connectivity index (χ2v) is 21.0. The summed E-state index contributed by atoms with van der Waals surface area (Å²) in [5.41, 5.74) is 7.43. The van der Waals surface area contributed by atoms with Crippen molar-refractivity contribution < 1.29 is 21.7 Å². The van der Waals surface area contributed by atoms with Gasteiger partial charge in [0.2, 0.25) is 5.52 Å². The van der Waals surface area contributed by atoms with Gasteiger partial charge in [0.25, 0.3) is 15.1 Å². The fourth-order valence-electron chi connectivity index (χ4n) is 6.63. The van der Waals surface area contributed by atoms with Gasteiger partial charge in [-0.15, -0.1) is 9.45 Å². The highest BCUT2D eigenvalue weighted by Crippen LogP contribution is 2.48. The van der Waals surface area contributed by atoms with Crippen molar-refractivity contribution in [2.75, 3.05) is 35.0 Å². The van der Waals surface area contributed by atoms with Gasteiger partial charge >= 0.3 is 0 Å². The lowest BCUT2D eigenvalue weighted by Gasteiger charge is -2.28. The van der Waals surface area contributed by atoms with E-state index in [9.17, 15) is 17.2 Å². The molecule has 3 unspecified atom stereocenters. The number of hydrogen-bond acceptors (Lipinski definition) is 7. The first-order valence-corrected chi connectivity index (χ1v) is 23.8. The molecular weight excluding hydrogens is 717 g/mol. The number of nitrogens with zero attached hydrogens (tertiary/aromatic N) is 2. The summed E-state index contributed by atoms with van der Waals surface area (Å²) < 4.78 is 48.2. The molecule has 2 aliphatic carbocycles. The van der Waals surface area contributed by atoms with E-state index >= 15 is 0 Å². The third kappa shape index (κ3) is 8.68. The van der Waals surface area contributed by atoms with Crippen LogP contribution in [0.25, 0.3) is 16.3 Å². The molecule has 2 heterocycles. The number of fused-ring (bicyclic) bond motifs is 3. The van der Waals surface area contributed by atoms with Crippen LogP contribution in [-0.2, 0) is 48.1 Å². The van der Waals surface area contributed by atoms with Crippen molar-refractivity contribution in [3.8, 4) is 0 Å². The average molecular weight is 760 g/mol. The quantitative estimate of drug-likeness (QED) is 0.149. The van der Waals surface area contributed by atoms with Gasteiger partial charge in [0.05, 0.1) is 27.3 Å². The van der Waals surface area contributed by atoms with Crippen molar-refractivity contribution in [3.05, 3.63) is 86.9 Å². The largest absolute Gasteiger partial charge is 0.335 e. The monoisotopic (exact) mass is 759 g/mol. The van der Waals surface area contributed by atoms with E-state index < -0.39 is 20.9 Å². The minimum atomic E-state index is -4.01. The topological polar surface area (TPSA) is 78.6 Å². The highest BCUT2D eigenvalue weighted by molar-refractivity contribution is 8.28. The summed E-state index contributed by atoms with van der Waals surface area (Å²) in [4.78, 5) is 4.24. The number of rotatable bonds is 12.